The Bertz CT molecular complexity index is 106. The molecule has 60 valence electrons. The largest absolute Gasteiger partial charge is 0.321 e. The predicted octanol–water partition coefficient (Wildman–Crippen LogP) is 1.35. The summed E-state index contributed by atoms with van der Waals surface area (Å²) in [6, 6.07) is -0.352. The van der Waals surface area contributed by atoms with Gasteiger partial charge in [-0.3, -0.25) is 4.79 Å². The van der Waals surface area contributed by atoms with Crippen LogP contribution in [0, 0.1) is 0 Å². The Hall–Kier alpha value is -0.0200. The van der Waals surface area contributed by atoms with E-state index < -0.39 is 0 Å². The average molecular weight is 161 g/mol. The first kappa shape index (κ1) is 9.98. The maximum absolute atomic E-state index is 10.5. The fraction of sp³-hybridized carbons (Fsp3) is 0.857. The van der Waals surface area contributed by atoms with Crippen LogP contribution >= 0.6 is 12.6 Å². The molecule has 0 radical (unpaired) electrons. The van der Waals surface area contributed by atoms with Gasteiger partial charge in [-0.05, 0) is 6.42 Å². The van der Waals surface area contributed by atoms with E-state index in [1.165, 1.54) is 0 Å². The molecule has 0 aromatic rings. The number of nitrogens with two attached hydrogens (primary N) is 1. The van der Waals surface area contributed by atoms with Crippen LogP contribution in [0.4, 0.5) is 0 Å². The van der Waals surface area contributed by atoms with Gasteiger partial charge in [-0.15, -0.1) is 12.6 Å². The van der Waals surface area contributed by atoms with Gasteiger partial charge in [-0.25, -0.2) is 0 Å². The standard InChI is InChI=1S/C7H15NOS/c1-2-3-4-5-6(8)7(9)10/h6H,2-5,8H2,1H3,(H,9,10). The van der Waals surface area contributed by atoms with Crippen LogP contribution in [0.3, 0.4) is 0 Å². The third-order valence-corrected chi connectivity index (χ3v) is 1.77. The zero-order chi connectivity index (χ0) is 7.98. The molecule has 0 amide bonds. The number of thiol groups is 1. The molecular formula is C7H15NOS. The van der Waals surface area contributed by atoms with Gasteiger partial charge < -0.3 is 5.73 Å². The summed E-state index contributed by atoms with van der Waals surface area (Å²) in [5.74, 6) is 0. The molecule has 0 aromatic carbocycles. The van der Waals surface area contributed by atoms with Gasteiger partial charge in [0.25, 0.3) is 0 Å². The second kappa shape index (κ2) is 5.74. The highest BCUT2D eigenvalue weighted by Gasteiger charge is 2.06. The number of hydrogen-bond acceptors (Lipinski definition) is 2. The minimum atomic E-state index is -0.352. The summed E-state index contributed by atoms with van der Waals surface area (Å²) in [6.07, 6.45) is 4.11. The van der Waals surface area contributed by atoms with Gasteiger partial charge in [-0.2, -0.15) is 0 Å². The fourth-order valence-corrected chi connectivity index (χ4v) is 0.867. The maximum atomic E-state index is 10.5. The van der Waals surface area contributed by atoms with Crippen LogP contribution in [-0.2, 0) is 4.79 Å². The van der Waals surface area contributed by atoms with E-state index in [1.54, 1.807) is 0 Å². The lowest BCUT2D eigenvalue weighted by Crippen LogP contribution is -2.26. The molecule has 2 nitrogen and oxygen atoms in total. The fourth-order valence-electron chi connectivity index (χ4n) is 0.738. The Morgan fingerprint density at radius 3 is 2.60 bits per heavy atom. The molecular weight excluding hydrogens is 146 g/mol. The van der Waals surface area contributed by atoms with Crippen LogP contribution in [-0.4, -0.2) is 11.2 Å². The zero-order valence-electron chi connectivity index (χ0n) is 6.34. The first-order valence-corrected chi connectivity index (χ1v) is 4.11. The van der Waals surface area contributed by atoms with E-state index in [-0.39, 0.29) is 11.2 Å². The summed E-state index contributed by atoms with van der Waals surface area (Å²) < 4.78 is 0. The number of unbranched alkanes of at least 4 members (excludes halogenated alkanes) is 2. The molecule has 0 bridgehead atoms. The van der Waals surface area contributed by atoms with E-state index in [0.29, 0.717) is 0 Å². The SMILES string of the molecule is CCCCCC(N)C(=O)S. The summed E-state index contributed by atoms with van der Waals surface area (Å²) in [5, 5.41) is -0.198. The summed E-state index contributed by atoms with van der Waals surface area (Å²) in [7, 11) is 0. The Labute approximate surface area is 67.6 Å². The number of rotatable bonds is 5. The van der Waals surface area contributed by atoms with Gasteiger partial charge in [0.15, 0.2) is 0 Å². The maximum Gasteiger partial charge on any atom is 0.202 e. The van der Waals surface area contributed by atoms with Crippen molar-refractivity contribution in [1.82, 2.24) is 0 Å². The Morgan fingerprint density at radius 1 is 1.60 bits per heavy atom. The van der Waals surface area contributed by atoms with E-state index in [2.05, 4.69) is 19.6 Å². The topological polar surface area (TPSA) is 43.1 Å². The molecule has 2 N–H and O–H groups in total. The van der Waals surface area contributed by atoms with Crippen LogP contribution in [0.25, 0.3) is 0 Å². The molecule has 0 rings (SSSR count). The van der Waals surface area contributed by atoms with Gasteiger partial charge in [0.05, 0.1) is 6.04 Å². The number of carbonyl (C=O) groups excluding carboxylic acids is 1. The van der Waals surface area contributed by atoms with Gasteiger partial charge in [0.2, 0.25) is 5.12 Å². The lowest BCUT2D eigenvalue weighted by atomic mass is 10.1. The first-order valence-electron chi connectivity index (χ1n) is 3.67. The lowest BCUT2D eigenvalue weighted by Gasteiger charge is -2.04. The molecule has 0 spiro atoms. The van der Waals surface area contributed by atoms with Gasteiger partial charge in [-0.1, -0.05) is 26.2 Å². The molecule has 0 saturated carbocycles. The monoisotopic (exact) mass is 161 g/mol. The predicted molar refractivity (Wildman–Crippen MR) is 46.1 cm³/mol. The van der Waals surface area contributed by atoms with Crippen LogP contribution in [0.15, 0.2) is 0 Å². The van der Waals surface area contributed by atoms with Crippen molar-refractivity contribution in [3.8, 4) is 0 Å². The zero-order valence-corrected chi connectivity index (χ0v) is 7.23. The van der Waals surface area contributed by atoms with Crippen LogP contribution in [0.5, 0.6) is 0 Å². The highest BCUT2D eigenvalue weighted by atomic mass is 32.1. The highest BCUT2D eigenvalue weighted by molar-refractivity contribution is 7.96. The molecule has 1 unspecified atom stereocenters. The van der Waals surface area contributed by atoms with E-state index >= 15 is 0 Å². The second-order valence-electron chi connectivity index (χ2n) is 2.44. The summed E-state index contributed by atoms with van der Waals surface area (Å²) in [6.45, 7) is 2.12. The van der Waals surface area contributed by atoms with Crippen molar-refractivity contribution in [2.45, 2.75) is 38.6 Å². The van der Waals surface area contributed by atoms with Gasteiger partial charge in [0.1, 0.15) is 0 Å². The average Bonchev–Trinajstić information content (AvgIpc) is 1.88. The minimum absolute atomic E-state index is 0.198. The van der Waals surface area contributed by atoms with Crippen molar-refractivity contribution in [2.75, 3.05) is 0 Å². The Morgan fingerprint density at radius 2 is 2.20 bits per heavy atom. The molecule has 0 fully saturated rings. The molecule has 0 saturated heterocycles. The third kappa shape index (κ3) is 4.82. The quantitative estimate of drug-likeness (QED) is 0.472. The van der Waals surface area contributed by atoms with Crippen molar-refractivity contribution in [3.05, 3.63) is 0 Å². The lowest BCUT2D eigenvalue weighted by molar-refractivity contribution is -0.112. The summed E-state index contributed by atoms with van der Waals surface area (Å²) in [4.78, 5) is 10.5. The third-order valence-electron chi connectivity index (χ3n) is 1.44. The van der Waals surface area contributed by atoms with Crippen LogP contribution in [0.2, 0.25) is 0 Å². The molecule has 1 atom stereocenters. The van der Waals surface area contributed by atoms with Crippen molar-refractivity contribution in [2.24, 2.45) is 5.73 Å². The van der Waals surface area contributed by atoms with Crippen molar-refractivity contribution in [3.63, 3.8) is 0 Å². The Balaban J connectivity index is 3.21. The van der Waals surface area contributed by atoms with E-state index in [4.69, 9.17) is 5.73 Å². The van der Waals surface area contributed by atoms with Crippen molar-refractivity contribution < 1.29 is 4.79 Å². The normalized spacial score (nSPS) is 13.1. The molecule has 0 heterocycles. The van der Waals surface area contributed by atoms with E-state index in [9.17, 15) is 4.79 Å². The smallest absolute Gasteiger partial charge is 0.202 e. The molecule has 0 aliphatic carbocycles. The molecule has 0 aliphatic rings. The van der Waals surface area contributed by atoms with E-state index in [1.807, 2.05) is 0 Å². The van der Waals surface area contributed by atoms with Gasteiger partial charge in [0, 0.05) is 0 Å². The molecule has 3 heteroatoms. The van der Waals surface area contributed by atoms with Gasteiger partial charge >= 0.3 is 0 Å². The molecule has 0 aromatic heterocycles. The second-order valence-corrected chi connectivity index (χ2v) is 2.88. The number of hydrogen-bond donors (Lipinski definition) is 2. The Kier molecular flexibility index (Phi) is 5.73. The molecule has 0 aliphatic heterocycles. The minimum Gasteiger partial charge on any atom is -0.321 e. The van der Waals surface area contributed by atoms with Crippen LogP contribution in [0.1, 0.15) is 32.6 Å². The summed E-state index contributed by atoms with van der Waals surface area (Å²) >= 11 is 3.63. The van der Waals surface area contributed by atoms with Crippen molar-refractivity contribution in [1.29, 1.82) is 0 Å². The first-order chi connectivity index (χ1) is 4.68. The van der Waals surface area contributed by atoms with Crippen LogP contribution < -0.4 is 5.73 Å². The van der Waals surface area contributed by atoms with E-state index in [0.717, 1.165) is 25.7 Å². The van der Waals surface area contributed by atoms with Crippen molar-refractivity contribution >= 4 is 17.7 Å². The number of carbonyl (C=O) groups is 1. The molecule has 10 heavy (non-hydrogen) atoms. The highest BCUT2D eigenvalue weighted by Crippen LogP contribution is 2.03. The summed E-state index contributed by atoms with van der Waals surface area (Å²) in [5.41, 5.74) is 5.43.